The number of halogens is 1. The predicted molar refractivity (Wildman–Crippen MR) is 100 cm³/mol. The molecule has 0 bridgehead atoms. The van der Waals surface area contributed by atoms with E-state index in [0.29, 0.717) is 38.5 Å². The average Bonchev–Trinajstić information content (AvgIpc) is 3.03. The van der Waals surface area contributed by atoms with E-state index in [-0.39, 0.29) is 0 Å². The summed E-state index contributed by atoms with van der Waals surface area (Å²) in [6.45, 7) is 3.82. The zero-order valence-electron chi connectivity index (χ0n) is 13.7. The standard InChI is InChI=1S/C19H16ClNO3S/c1-3-16-17(19(22)23)25-18(21-16)12-4-6-13(7-5-12)24-14-8-9-15(20)11(2)10-14/h4-10H,3H2,1-2H3,(H,22,23). The first kappa shape index (κ1) is 17.5. The van der Waals surface area contributed by atoms with Gasteiger partial charge in [0.1, 0.15) is 21.4 Å². The van der Waals surface area contributed by atoms with Gasteiger partial charge in [0, 0.05) is 10.6 Å². The lowest BCUT2D eigenvalue weighted by Crippen LogP contribution is -1.97. The van der Waals surface area contributed by atoms with Crippen molar-refractivity contribution in [2.24, 2.45) is 0 Å². The zero-order valence-corrected chi connectivity index (χ0v) is 15.3. The van der Waals surface area contributed by atoms with Crippen LogP contribution in [0.5, 0.6) is 11.5 Å². The number of carbonyl (C=O) groups is 1. The Morgan fingerprint density at radius 3 is 2.44 bits per heavy atom. The Hall–Kier alpha value is -2.37. The lowest BCUT2D eigenvalue weighted by Gasteiger charge is -2.07. The molecule has 0 spiro atoms. The van der Waals surface area contributed by atoms with Gasteiger partial charge in [0.15, 0.2) is 0 Å². The Morgan fingerprint density at radius 2 is 1.88 bits per heavy atom. The minimum atomic E-state index is -0.932. The van der Waals surface area contributed by atoms with Crippen LogP contribution in [0.3, 0.4) is 0 Å². The number of hydrogen-bond donors (Lipinski definition) is 1. The molecule has 0 aliphatic carbocycles. The summed E-state index contributed by atoms with van der Waals surface area (Å²) in [5, 5.41) is 10.6. The number of nitrogens with zero attached hydrogens (tertiary/aromatic N) is 1. The van der Waals surface area contributed by atoms with Gasteiger partial charge in [-0.25, -0.2) is 9.78 Å². The van der Waals surface area contributed by atoms with E-state index in [2.05, 4.69) is 4.98 Å². The lowest BCUT2D eigenvalue weighted by atomic mass is 10.2. The molecule has 6 heteroatoms. The van der Waals surface area contributed by atoms with Crippen molar-refractivity contribution < 1.29 is 14.6 Å². The molecule has 1 N–H and O–H groups in total. The maximum atomic E-state index is 11.3. The SMILES string of the molecule is CCc1nc(-c2ccc(Oc3ccc(Cl)c(C)c3)cc2)sc1C(=O)O. The highest BCUT2D eigenvalue weighted by atomic mass is 35.5. The van der Waals surface area contributed by atoms with Gasteiger partial charge in [-0.3, -0.25) is 0 Å². The van der Waals surface area contributed by atoms with Crippen molar-refractivity contribution in [1.29, 1.82) is 0 Å². The summed E-state index contributed by atoms with van der Waals surface area (Å²) in [6, 6.07) is 12.9. The van der Waals surface area contributed by atoms with Crippen LogP contribution in [-0.2, 0) is 6.42 Å². The number of carboxylic acid groups (broad SMARTS) is 1. The first-order chi connectivity index (χ1) is 12.0. The fraction of sp³-hybridized carbons (Fsp3) is 0.158. The summed E-state index contributed by atoms with van der Waals surface area (Å²) in [5.41, 5.74) is 2.43. The average molecular weight is 374 g/mol. The van der Waals surface area contributed by atoms with Gasteiger partial charge in [-0.05, 0) is 61.4 Å². The second-order valence-electron chi connectivity index (χ2n) is 5.49. The minimum Gasteiger partial charge on any atom is -0.477 e. The molecule has 25 heavy (non-hydrogen) atoms. The fourth-order valence-electron chi connectivity index (χ4n) is 2.36. The number of aryl methyl sites for hydroxylation is 2. The Balaban J connectivity index is 1.82. The van der Waals surface area contributed by atoms with Crippen LogP contribution in [0.2, 0.25) is 5.02 Å². The van der Waals surface area contributed by atoms with Crippen LogP contribution in [0.25, 0.3) is 10.6 Å². The number of aromatic carboxylic acids is 1. The molecular weight excluding hydrogens is 358 g/mol. The van der Waals surface area contributed by atoms with Gasteiger partial charge in [-0.15, -0.1) is 11.3 Å². The van der Waals surface area contributed by atoms with E-state index in [1.54, 1.807) is 6.07 Å². The van der Waals surface area contributed by atoms with E-state index < -0.39 is 5.97 Å². The van der Waals surface area contributed by atoms with Crippen molar-refractivity contribution in [3.63, 3.8) is 0 Å². The highest BCUT2D eigenvalue weighted by Gasteiger charge is 2.16. The van der Waals surface area contributed by atoms with Gasteiger partial charge in [-0.1, -0.05) is 18.5 Å². The highest BCUT2D eigenvalue weighted by Crippen LogP contribution is 2.31. The number of benzene rings is 2. The summed E-state index contributed by atoms with van der Waals surface area (Å²) in [5.74, 6) is 0.472. The molecule has 0 aliphatic heterocycles. The predicted octanol–water partition coefficient (Wildman–Crippen LogP) is 5.82. The van der Waals surface area contributed by atoms with Crippen molar-refractivity contribution >= 4 is 28.9 Å². The molecule has 0 aliphatic rings. The molecule has 1 heterocycles. The van der Waals surface area contributed by atoms with Gasteiger partial charge in [0.25, 0.3) is 0 Å². The molecule has 3 aromatic rings. The quantitative estimate of drug-likeness (QED) is 0.611. The van der Waals surface area contributed by atoms with E-state index in [0.717, 1.165) is 11.1 Å². The van der Waals surface area contributed by atoms with Crippen molar-refractivity contribution in [3.05, 3.63) is 63.6 Å². The van der Waals surface area contributed by atoms with E-state index in [9.17, 15) is 9.90 Å². The Morgan fingerprint density at radius 1 is 1.20 bits per heavy atom. The third-order valence-corrected chi connectivity index (χ3v) is 5.25. The van der Waals surface area contributed by atoms with E-state index in [1.165, 1.54) is 11.3 Å². The van der Waals surface area contributed by atoms with Gasteiger partial charge < -0.3 is 9.84 Å². The number of thiazole rings is 1. The number of hydrogen-bond acceptors (Lipinski definition) is 4. The van der Waals surface area contributed by atoms with Crippen LogP contribution in [-0.4, -0.2) is 16.1 Å². The Labute approximate surface area is 154 Å². The molecule has 0 atom stereocenters. The topological polar surface area (TPSA) is 59.4 Å². The summed E-state index contributed by atoms with van der Waals surface area (Å²) in [4.78, 5) is 16.0. The highest BCUT2D eigenvalue weighted by molar-refractivity contribution is 7.17. The molecule has 3 rings (SSSR count). The maximum absolute atomic E-state index is 11.3. The number of rotatable bonds is 5. The summed E-state index contributed by atoms with van der Waals surface area (Å²) in [6.07, 6.45) is 0.593. The van der Waals surface area contributed by atoms with Crippen molar-refractivity contribution in [1.82, 2.24) is 4.98 Å². The van der Waals surface area contributed by atoms with Gasteiger partial charge >= 0.3 is 5.97 Å². The number of carboxylic acids is 1. The monoisotopic (exact) mass is 373 g/mol. The zero-order chi connectivity index (χ0) is 18.0. The van der Waals surface area contributed by atoms with Crippen LogP contribution in [0.1, 0.15) is 27.9 Å². The van der Waals surface area contributed by atoms with Crippen LogP contribution >= 0.6 is 22.9 Å². The molecule has 4 nitrogen and oxygen atoms in total. The molecule has 0 fully saturated rings. The Kier molecular flexibility index (Phi) is 5.06. The fourth-order valence-corrected chi connectivity index (χ4v) is 3.48. The smallest absolute Gasteiger partial charge is 0.347 e. The first-order valence-electron chi connectivity index (χ1n) is 7.75. The summed E-state index contributed by atoms with van der Waals surface area (Å²) < 4.78 is 5.82. The normalized spacial score (nSPS) is 10.7. The lowest BCUT2D eigenvalue weighted by molar-refractivity contribution is 0.0701. The molecular formula is C19H16ClNO3S. The van der Waals surface area contributed by atoms with E-state index >= 15 is 0 Å². The van der Waals surface area contributed by atoms with Gasteiger partial charge in [0.2, 0.25) is 0 Å². The van der Waals surface area contributed by atoms with Crippen molar-refractivity contribution in [3.8, 4) is 22.1 Å². The Bertz CT molecular complexity index is 919. The molecule has 2 aromatic carbocycles. The third kappa shape index (κ3) is 3.83. The van der Waals surface area contributed by atoms with Gasteiger partial charge in [-0.2, -0.15) is 0 Å². The van der Waals surface area contributed by atoms with Crippen LogP contribution in [0, 0.1) is 6.92 Å². The van der Waals surface area contributed by atoms with Crippen LogP contribution in [0.4, 0.5) is 0 Å². The number of ether oxygens (including phenoxy) is 1. The van der Waals surface area contributed by atoms with Gasteiger partial charge in [0.05, 0.1) is 5.69 Å². The summed E-state index contributed by atoms with van der Waals surface area (Å²) in [7, 11) is 0. The molecule has 0 radical (unpaired) electrons. The number of aromatic nitrogens is 1. The van der Waals surface area contributed by atoms with E-state index in [1.807, 2.05) is 50.2 Å². The molecule has 0 unspecified atom stereocenters. The molecule has 0 saturated carbocycles. The molecule has 128 valence electrons. The van der Waals surface area contributed by atoms with Crippen molar-refractivity contribution in [2.75, 3.05) is 0 Å². The second-order valence-corrected chi connectivity index (χ2v) is 6.90. The summed E-state index contributed by atoms with van der Waals surface area (Å²) >= 11 is 7.21. The van der Waals surface area contributed by atoms with E-state index in [4.69, 9.17) is 16.3 Å². The second kappa shape index (κ2) is 7.25. The minimum absolute atomic E-state index is 0.300. The molecule has 0 amide bonds. The third-order valence-electron chi connectivity index (χ3n) is 3.69. The largest absolute Gasteiger partial charge is 0.477 e. The molecule has 1 aromatic heterocycles. The first-order valence-corrected chi connectivity index (χ1v) is 8.94. The van der Waals surface area contributed by atoms with Crippen molar-refractivity contribution in [2.45, 2.75) is 20.3 Å². The van der Waals surface area contributed by atoms with Crippen LogP contribution < -0.4 is 4.74 Å². The van der Waals surface area contributed by atoms with Crippen LogP contribution in [0.15, 0.2) is 42.5 Å². The maximum Gasteiger partial charge on any atom is 0.347 e. The molecule has 0 saturated heterocycles.